The highest BCUT2D eigenvalue weighted by Crippen LogP contribution is 2.25. The van der Waals surface area contributed by atoms with Gasteiger partial charge in [-0.1, -0.05) is 12.1 Å². The third kappa shape index (κ3) is 2.14. The number of nitrogens with one attached hydrogen (secondary N) is 1. The topological polar surface area (TPSA) is 70.9 Å². The van der Waals surface area contributed by atoms with Crippen LogP contribution in [0.3, 0.4) is 0 Å². The van der Waals surface area contributed by atoms with Crippen LogP contribution in [0, 0.1) is 0 Å². The SMILES string of the molecule is CNCc1nncc(-c2ccccc2O)n1. The second-order valence-electron chi connectivity index (χ2n) is 3.31. The average molecular weight is 216 g/mol. The van der Waals surface area contributed by atoms with Crippen molar-refractivity contribution in [1.82, 2.24) is 20.5 Å². The summed E-state index contributed by atoms with van der Waals surface area (Å²) in [6.07, 6.45) is 1.54. The number of rotatable bonds is 3. The van der Waals surface area contributed by atoms with E-state index in [9.17, 15) is 5.11 Å². The van der Waals surface area contributed by atoms with Crippen molar-refractivity contribution < 1.29 is 5.11 Å². The lowest BCUT2D eigenvalue weighted by atomic mass is 10.1. The lowest BCUT2D eigenvalue weighted by Gasteiger charge is -2.04. The second-order valence-corrected chi connectivity index (χ2v) is 3.31. The van der Waals surface area contributed by atoms with Crippen molar-refractivity contribution >= 4 is 0 Å². The quantitative estimate of drug-likeness (QED) is 0.799. The lowest BCUT2D eigenvalue weighted by Crippen LogP contribution is -2.10. The molecule has 0 aliphatic heterocycles. The van der Waals surface area contributed by atoms with Crippen molar-refractivity contribution in [3.05, 3.63) is 36.3 Å². The highest BCUT2D eigenvalue weighted by Gasteiger charge is 2.06. The first-order chi connectivity index (χ1) is 7.81. The molecule has 1 heterocycles. The minimum atomic E-state index is 0.193. The van der Waals surface area contributed by atoms with E-state index >= 15 is 0 Å². The summed E-state index contributed by atoms with van der Waals surface area (Å²) in [5.41, 5.74) is 1.29. The van der Waals surface area contributed by atoms with Gasteiger partial charge >= 0.3 is 0 Å². The number of phenolic OH excluding ortho intramolecular Hbond substituents is 1. The highest BCUT2D eigenvalue weighted by atomic mass is 16.3. The molecule has 0 unspecified atom stereocenters. The molecule has 0 fully saturated rings. The number of nitrogens with zero attached hydrogens (tertiary/aromatic N) is 3. The van der Waals surface area contributed by atoms with Gasteiger partial charge < -0.3 is 10.4 Å². The summed E-state index contributed by atoms with van der Waals surface area (Å²) < 4.78 is 0. The van der Waals surface area contributed by atoms with Crippen LogP contribution in [0.5, 0.6) is 5.75 Å². The number of para-hydroxylation sites is 1. The van der Waals surface area contributed by atoms with E-state index in [1.807, 2.05) is 13.1 Å². The molecular formula is C11H12N4O. The number of aromatic nitrogens is 3. The maximum Gasteiger partial charge on any atom is 0.165 e. The molecule has 0 saturated heterocycles. The van der Waals surface area contributed by atoms with Gasteiger partial charge in [-0.2, -0.15) is 5.10 Å². The van der Waals surface area contributed by atoms with E-state index in [0.717, 1.165) is 0 Å². The van der Waals surface area contributed by atoms with Crippen LogP contribution in [0.15, 0.2) is 30.5 Å². The van der Waals surface area contributed by atoms with Gasteiger partial charge in [-0.25, -0.2) is 4.98 Å². The van der Waals surface area contributed by atoms with E-state index in [4.69, 9.17) is 0 Å². The maximum atomic E-state index is 9.68. The van der Waals surface area contributed by atoms with Gasteiger partial charge in [0.25, 0.3) is 0 Å². The molecule has 0 atom stereocenters. The van der Waals surface area contributed by atoms with Crippen molar-refractivity contribution in [2.45, 2.75) is 6.54 Å². The molecule has 0 aliphatic carbocycles. The molecule has 2 N–H and O–H groups in total. The predicted molar refractivity (Wildman–Crippen MR) is 59.7 cm³/mol. The van der Waals surface area contributed by atoms with Crippen molar-refractivity contribution in [1.29, 1.82) is 0 Å². The molecule has 0 amide bonds. The predicted octanol–water partition coefficient (Wildman–Crippen LogP) is 0.964. The number of aromatic hydroxyl groups is 1. The van der Waals surface area contributed by atoms with Crippen molar-refractivity contribution in [2.24, 2.45) is 0 Å². The van der Waals surface area contributed by atoms with Crippen LogP contribution >= 0.6 is 0 Å². The van der Waals surface area contributed by atoms with Gasteiger partial charge in [0, 0.05) is 5.56 Å². The van der Waals surface area contributed by atoms with Crippen LogP contribution in [0.2, 0.25) is 0 Å². The van der Waals surface area contributed by atoms with Gasteiger partial charge in [-0.05, 0) is 19.2 Å². The summed E-state index contributed by atoms with van der Waals surface area (Å²) in [4.78, 5) is 4.30. The first kappa shape index (κ1) is 10.5. The number of benzene rings is 1. The first-order valence-electron chi connectivity index (χ1n) is 4.93. The van der Waals surface area contributed by atoms with Gasteiger partial charge in [-0.3, -0.25) is 0 Å². The zero-order valence-electron chi connectivity index (χ0n) is 8.88. The van der Waals surface area contributed by atoms with Crippen LogP contribution in [-0.2, 0) is 6.54 Å². The Morgan fingerprint density at radius 1 is 1.31 bits per heavy atom. The maximum absolute atomic E-state index is 9.68. The van der Waals surface area contributed by atoms with Crippen molar-refractivity contribution in [2.75, 3.05) is 7.05 Å². The molecule has 1 aromatic heterocycles. The Morgan fingerprint density at radius 3 is 2.88 bits per heavy atom. The van der Waals surface area contributed by atoms with Crippen LogP contribution in [0.25, 0.3) is 11.3 Å². The monoisotopic (exact) mass is 216 g/mol. The summed E-state index contributed by atoms with van der Waals surface area (Å²) in [5.74, 6) is 0.793. The summed E-state index contributed by atoms with van der Waals surface area (Å²) >= 11 is 0. The third-order valence-corrected chi connectivity index (χ3v) is 2.12. The Kier molecular flexibility index (Phi) is 3.07. The van der Waals surface area contributed by atoms with Gasteiger partial charge in [0.15, 0.2) is 5.82 Å². The Bertz CT molecular complexity index is 487. The molecule has 0 bridgehead atoms. The largest absolute Gasteiger partial charge is 0.507 e. The number of phenols is 1. The van der Waals surface area contributed by atoms with E-state index < -0.39 is 0 Å². The van der Waals surface area contributed by atoms with Gasteiger partial charge in [0.1, 0.15) is 5.75 Å². The van der Waals surface area contributed by atoms with E-state index in [0.29, 0.717) is 23.6 Å². The fourth-order valence-electron chi connectivity index (χ4n) is 1.39. The smallest absolute Gasteiger partial charge is 0.165 e. The van der Waals surface area contributed by atoms with Gasteiger partial charge in [0.05, 0.1) is 18.4 Å². The standard InChI is InChI=1S/C11H12N4O/c1-12-7-11-14-9(6-13-15-11)8-4-2-3-5-10(8)16/h2-6,12,16H,7H2,1H3. The molecule has 82 valence electrons. The third-order valence-electron chi connectivity index (χ3n) is 2.12. The fraction of sp³-hybridized carbons (Fsp3) is 0.182. The Labute approximate surface area is 93.2 Å². The number of hydrogen-bond acceptors (Lipinski definition) is 5. The van der Waals surface area contributed by atoms with Crippen molar-refractivity contribution in [3.63, 3.8) is 0 Å². The minimum absolute atomic E-state index is 0.193. The summed E-state index contributed by atoms with van der Waals surface area (Å²) in [5, 5.41) is 20.4. The molecule has 0 radical (unpaired) electrons. The Balaban J connectivity index is 2.40. The van der Waals surface area contributed by atoms with Crippen LogP contribution < -0.4 is 5.32 Å². The average Bonchev–Trinajstić information content (AvgIpc) is 2.30. The molecule has 2 aromatic rings. The lowest BCUT2D eigenvalue weighted by molar-refractivity contribution is 0.477. The summed E-state index contributed by atoms with van der Waals surface area (Å²) in [7, 11) is 1.82. The highest BCUT2D eigenvalue weighted by molar-refractivity contribution is 5.65. The zero-order valence-corrected chi connectivity index (χ0v) is 8.88. The second kappa shape index (κ2) is 4.67. The molecule has 0 aliphatic rings. The van der Waals surface area contributed by atoms with E-state index in [1.54, 1.807) is 18.2 Å². The van der Waals surface area contributed by atoms with E-state index in [1.165, 1.54) is 6.20 Å². The van der Waals surface area contributed by atoms with Crippen LogP contribution in [-0.4, -0.2) is 27.3 Å². The molecule has 2 rings (SSSR count). The minimum Gasteiger partial charge on any atom is -0.507 e. The number of hydrogen-bond donors (Lipinski definition) is 2. The molecule has 0 saturated carbocycles. The van der Waals surface area contributed by atoms with Crippen LogP contribution in [0.1, 0.15) is 5.82 Å². The van der Waals surface area contributed by atoms with E-state index in [-0.39, 0.29) is 5.75 Å². The molecule has 5 heteroatoms. The van der Waals surface area contributed by atoms with Gasteiger partial charge in [-0.15, -0.1) is 5.10 Å². The fourth-order valence-corrected chi connectivity index (χ4v) is 1.39. The van der Waals surface area contributed by atoms with Crippen molar-refractivity contribution in [3.8, 4) is 17.0 Å². The molecule has 1 aromatic carbocycles. The molecular weight excluding hydrogens is 204 g/mol. The Morgan fingerprint density at radius 2 is 2.12 bits per heavy atom. The molecule has 16 heavy (non-hydrogen) atoms. The normalized spacial score (nSPS) is 10.3. The summed E-state index contributed by atoms with van der Waals surface area (Å²) in [6.45, 7) is 0.550. The summed E-state index contributed by atoms with van der Waals surface area (Å²) in [6, 6.07) is 7.02. The van der Waals surface area contributed by atoms with E-state index in [2.05, 4.69) is 20.5 Å². The molecule has 5 nitrogen and oxygen atoms in total. The van der Waals surface area contributed by atoms with Gasteiger partial charge in [0.2, 0.25) is 0 Å². The molecule has 0 spiro atoms. The van der Waals surface area contributed by atoms with Crippen LogP contribution in [0.4, 0.5) is 0 Å². The first-order valence-corrected chi connectivity index (χ1v) is 4.93. The Hall–Kier alpha value is -2.01. The zero-order chi connectivity index (χ0) is 11.4.